The summed E-state index contributed by atoms with van der Waals surface area (Å²) in [6.45, 7) is 0. The Morgan fingerprint density at radius 3 is 2.53 bits per heavy atom. The third kappa shape index (κ3) is 2.22. The van der Waals surface area contributed by atoms with Crippen molar-refractivity contribution >= 4 is 29.2 Å². The third-order valence-electron chi connectivity index (χ3n) is 2.73. The number of benzene rings is 1. The number of pyridine rings is 1. The van der Waals surface area contributed by atoms with Gasteiger partial charge in [0, 0.05) is 22.9 Å². The molecule has 0 saturated carbocycles. The van der Waals surface area contributed by atoms with Crippen LogP contribution in [-0.2, 0) is 0 Å². The maximum Gasteiger partial charge on any atom is 0.131 e. The number of thiol groups is 1. The van der Waals surface area contributed by atoms with E-state index in [1.807, 2.05) is 24.3 Å². The molecule has 2 aromatic rings. The molecule has 2 rings (SSSR count). The molecule has 0 radical (unpaired) electrons. The molecule has 2 atom stereocenters. The molecule has 0 aliphatic rings. The van der Waals surface area contributed by atoms with E-state index in [0.29, 0.717) is 11.4 Å². The van der Waals surface area contributed by atoms with E-state index in [1.165, 1.54) is 6.20 Å². The number of aromatic nitrogens is 1. The molecule has 0 amide bonds. The van der Waals surface area contributed by atoms with E-state index in [0.717, 1.165) is 10.8 Å². The van der Waals surface area contributed by atoms with Gasteiger partial charge in [0.15, 0.2) is 0 Å². The summed E-state index contributed by atoms with van der Waals surface area (Å²) in [5, 5.41) is 21.2. The quantitative estimate of drug-likeness (QED) is 0.616. The van der Waals surface area contributed by atoms with E-state index in [4.69, 9.17) is 5.73 Å². The number of aliphatic hydroxyl groups is 2. The average molecular weight is 250 g/mol. The standard InChI is InChI=1S/C12H14N2O2S/c13-12-8-4-2-1-3-7(8)9(5-14-12)11(16)10(15)6-17/h1-5,10-11,15-17H,6H2,(H2,13,14). The molecule has 4 nitrogen and oxygen atoms in total. The van der Waals surface area contributed by atoms with Gasteiger partial charge in [-0.15, -0.1) is 0 Å². The van der Waals surface area contributed by atoms with Crippen LogP contribution in [0.5, 0.6) is 0 Å². The third-order valence-corrected chi connectivity index (χ3v) is 3.10. The summed E-state index contributed by atoms with van der Waals surface area (Å²) < 4.78 is 0. The zero-order chi connectivity index (χ0) is 12.4. The van der Waals surface area contributed by atoms with Crippen LogP contribution in [0.3, 0.4) is 0 Å². The zero-order valence-electron chi connectivity index (χ0n) is 9.11. The lowest BCUT2D eigenvalue weighted by Gasteiger charge is -2.18. The van der Waals surface area contributed by atoms with Crippen molar-refractivity contribution in [2.75, 3.05) is 11.5 Å². The fourth-order valence-corrected chi connectivity index (χ4v) is 1.98. The number of aliphatic hydroxyl groups excluding tert-OH is 2. The SMILES string of the molecule is Nc1ncc(C(O)C(O)CS)c2ccccc12. The lowest BCUT2D eigenvalue weighted by molar-refractivity contribution is 0.0345. The highest BCUT2D eigenvalue weighted by atomic mass is 32.1. The Labute approximate surface area is 105 Å². The maximum absolute atomic E-state index is 10.00. The smallest absolute Gasteiger partial charge is 0.131 e. The Balaban J connectivity index is 2.59. The summed E-state index contributed by atoms with van der Waals surface area (Å²) in [5.41, 5.74) is 6.33. The first kappa shape index (κ1) is 12.2. The van der Waals surface area contributed by atoms with E-state index >= 15 is 0 Å². The molecule has 0 saturated heterocycles. The number of anilines is 1. The zero-order valence-corrected chi connectivity index (χ0v) is 10.0. The molecular weight excluding hydrogens is 236 g/mol. The van der Waals surface area contributed by atoms with Gasteiger partial charge >= 0.3 is 0 Å². The van der Waals surface area contributed by atoms with Crippen LogP contribution in [0.25, 0.3) is 10.8 Å². The number of nitrogens with two attached hydrogens (primary N) is 1. The Bertz CT molecular complexity index is 533. The van der Waals surface area contributed by atoms with Gasteiger partial charge in [0.25, 0.3) is 0 Å². The van der Waals surface area contributed by atoms with Gasteiger partial charge in [-0.25, -0.2) is 4.98 Å². The van der Waals surface area contributed by atoms with Crippen molar-refractivity contribution in [2.45, 2.75) is 12.2 Å². The number of hydrogen-bond acceptors (Lipinski definition) is 5. The minimum atomic E-state index is -1.01. The van der Waals surface area contributed by atoms with Gasteiger partial charge in [-0.3, -0.25) is 0 Å². The minimum absolute atomic E-state index is 0.180. The van der Waals surface area contributed by atoms with Crippen LogP contribution in [0, 0.1) is 0 Å². The van der Waals surface area contributed by atoms with Crippen LogP contribution < -0.4 is 5.73 Å². The van der Waals surface area contributed by atoms with Gasteiger partial charge in [-0.05, 0) is 5.39 Å². The average Bonchev–Trinajstić information content (AvgIpc) is 2.38. The van der Waals surface area contributed by atoms with Gasteiger partial charge in [-0.2, -0.15) is 12.6 Å². The number of fused-ring (bicyclic) bond motifs is 1. The van der Waals surface area contributed by atoms with E-state index in [9.17, 15) is 10.2 Å². The summed E-state index contributed by atoms with van der Waals surface area (Å²) in [7, 11) is 0. The largest absolute Gasteiger partial charge is 0.389 e. The number of nitrogens with zero attached hydrogens (tertiary/aromatic N) is 1. The van der Waals surface area contributed by atoms with E-state index < -0.39 is 12.2 Å². The highest BCUT2D eigenvalue weighted by Crippen LogP contribution is 2.28. The second-order valence-corrected chi connectivity index (χ2v) is 4.20. The second kappa shape index (κ2) is 4.91. The fraction of sp³-hybridized carbons (Fsp3) is 0.250. The Morgan fingerprint density at radius 2 is 1.88 bits per heavy atom. The van der Waals surface area contributed by atoms with Gasteiger partial charge in [0.1, 0.15) is 11.9 Å². The van der Waals surface area contributed by atoms with Crippen LogP contribution in [0.15, 0.2) is 30.5 Å². The van der Waals surface area contributed by atoms with Gasteiger partial charge in [0.2, 0.25) is 0 Å². The first-order chi connectivity index (χ1) is 8.15. The van der Waals surface area contributed by atoms with Crippen molar-refractivity contribution in [1.82, 2.24) is 4.98 Å². The summed E-state index contributed by atoms with van der Waals surface area (Å²) in [5.74, 6) is 0.594. The van der Waals surface area contributed by atoms with Crippen molar-refractivity contribution in [1.29, 1.82) is 0 Å². The van der Waals surface area contributed by atoms with Crippen LogP contribution in [0.2, 0.25) is 0 Å². The molecule has 1 aromatic heterocycles. The molecule has 4 N–H and O–H groups in total. The summed E-state index contributed by atoms with van der Waals surface area (Å²) in [6.07, 6.45) is -0.438. The predicted molar refractivity (Wildman–Crippen MR) is 71.0 cm³/mol. The minimum Gasteiger partial charge on any atom is -0.389 e. The molecular formula is C12H14N2O2S. The predicted octanol–water partition coefficient (Wildman–Crippen LogP) is 1.14. The Morgan fingerprint density at radius 1 is 1.24 bits per heavy atom. The number of nitrogen functional groups attached to an aromatic ring is 1. The van der Waals surface area contributed by atoms with Crippen molar-refractivity contribution in [3.05, 3.63) is 36.0 Å². The molecule has 0 bridgehead atoms. The van der Waals surface area contributed by atoms with Crippen LogP contribution in [0.4, 0.5) is 5.82 Å². The molecule has 0 aliphatic carbocycles. The molecule has 17 heavy (non-hydrogen) atoms. The van der Waals surface area contributed by atoms with Crippen LogP contribution >= 0.6 is 12.6 Å². The topological polar surface area (TPSA) is 79.4 Å². The number of hydrogen-bond donors (Lipinski definition) is 4. The molecule has 0 spiro atoms. The lowest BCUT2D eigenvalue weighted by atomic mass is 10.00. The summed E-state index contributed by atoms with van der Waals surface area (Å²) >= 11 is 3.96. The molecule has 1 heterocycles. The monoisotopic (exact) mass is 250 g/mol. The van der Waals surface area contributed by atoms with E-state index in [1.54, 1.807) is 0 Å². The molecule has 0 aliphatic heterocycles. The van der Waals surface area contributed by atoms with Gasteiger partial charge in [0.05, 0.1) is 6.10 Å². The fourth-order valence-electron chi connectivity index (χ4n) is 1.78. The van der Waals surface area contributed by atoms with Gasteiger partial charge < -0.3 is 15.9 Å². The lowest BCUT2D eigenvalue weighted by Crippen LogP contribution is -2.20. The van der Waals surface area contributed by atoms with Crippen molar-refractivity contribution in [3.8, 4) is 0 Å². The van der Waals surface area contributed by atoms with Crippen molar-refractivity contribution < 1.29 is 10.2 Å². The Kier molecular flexibility index (Phi) is 3.51. The van der Waals surface area contributed by atoms with E-state index in [-0.39, 0.29) is 5.75 Å². The van der Waals surface area contributed by atoms with E-state index in [2.05, 4.69) is 17.6 Å². The first-order valence-electron chi connectivity index (χ1n) is 5.25. The second-order valence-electron chi connectivity index (χ2n) is 3.84. The molecule has 1 aromatic carbocycles. The molecule has 90 valence electrons. The highest BCUT2D eigenvalue weighted by molar-refractivity contribution is 7.80. The molecule has 0 fully saturated rings. The van der Waals surface area contributed by atoms with Crippen LogP contribution in [-0.4, -0.2) is 27.1 Å². The maximum atomic E-state index is 10.00. The first-order valence-corrected chi connectivity index (χ1v) is 5.88. The Hall–Kier alpha value is -1.30. The van der Waals surface area contributed by atoms with Crippen molar-refractivity contribution in [3.63, 3.8) is 0 Å². The van der Waals surface area contributed by atoms with Gasteiger partial charge in [-0.1, -0.05) is 24.3 Å². The number of rotatable bonds is 3. The molecule has 2 unspecified atom stereocenters. The van der Waals surface area contributed by atoms with Crippen molar-refractivity contribution in [2.24, 2.45) is 0 Å². The van der Waals surface area contributed by atoms with Crippen LogP contribution in [0.1, 0.15) is 11.7 Å². The highest BCUT2D eigenvalue weighted by Gasteiger charge is 2.20. The summed E-state index contributed by atoms with van der Waals surface area (Å²) in [6, 6.07) is 7.38. The molecule has 5 heteroatoms. The normalized spacial score (nSPS) is 14.8. The summed E-state index contributed by atoms with van der Waals surface area (Å²) in [4.78, 5) is 4.03.